The molecular weight excluding hydrogens is 822 g/mol. The third-order valence-electron chi connectivity index (χ3n) is 16.5. The van der Waals surface area contributed by atoms with Crippen molar-refractivity contribution in [2.24, 2.45) is 0 Å². The van der Waals surface area contributed by atoms with Gasteiger partial charge in [0.05, 0.1) is 0 Å². The lowest BCUT2D eigenvalue weighted by molar-refractivity contribution is 0.332. The third-order valence-corrected chi connectivity index (χ3v) is 16.5. The summed E-state index contributed by atoms with van der Waals surface area (Å²) in [5.74, 6) is 0. The second-order valence-corrected chi connectivity index (χ2v) is 24.4. The number of hydrogen-bond acceptors (Lipinski definition) is 3. The van der Waals surface area contributed by atoms with Crippen molar-refractivity contribution in [1.29, 1.82) is 0 Å². The van der Waals surface area contributed by atoms with E-state index in [0.717, 1.165) is 81.5 Å². The van der Waals surface area contributed by atoms with Crippen LogP contribution in [0.3, 0.4) is 0 Å². The van der Waals surface area contributed by atoms with Crippen LogP contribution < -0.4 is 31.1 Å². The first-order chi connectivity index (χ1) is 33.3. The second-order valence-electron chi connectivity index (χ2n) is 24.4. The van der Waals surface area contributed by atoms with Crippen LogP contribution >= 0.6 is 0 Å². The van der Waals surface area contributed by atoms with Crippen LogP contribution in [0.2, 0.25) is 0 Å². The molecule has 0 radical (unpaired) electrons. The van der Waals surface area contributed by atoms with Crippen molar-refractivity contribution in [3.8, 4) is 0 Å². The predicted octanol–water partition coefficient (Wildman–Crippen LogP) is 15.8. The summed E-state index contributed by atoms with van der Waals surface area (Å²) in [5, 5.41) is 0. The molecule has 68 heavy (non-hydrogen) atoms. The molecule has 7 aromatic carbocycles. The predicted molar refractivity (Wildman–Crippen MR) is 294 cm³/mol. The molecule has 0 bridgehead atoms. The molecule has 0 N–H and O–H groups in total. The van der Waals surface area contributed by atoms with Crippen LogP contribution in [0.5, 0.6) is 0 Å². The van der Waals surface area contributed by atoms with E-state index >= 15 is 0 Å². The Morgan fingerprint density at radius 1 is 0.485 bits per heavy atom. The lowest BCUT2D eigenvalue weighted by Crippen LogP contribution is -2.62. The molecule has 0 saturated heterocycles. The van der Waals surface area contributed by atoms with E-state index in [1.54, 1.807) is 0 Å². The molecule has 0 fully saturated rings. The van der Waals surface area contributed by atoms with E-state index in [4.69, 9.17) is 0 Å². The number of rotatable bonds is 5. The maximum absolute atomic E-state index is 9.21. The van der Waals surface area contributed by atoms with Crippen molar-refractivity contribution in [1.82, 2.24) is 0 Å². The van der Waals surface area contributed by atoms with Crippen LogP contribution in [-0.4, -0.2) is 6.71 Å². The van der Waals surface area contributed by atoms with Gasteiger partial charge in [-0.3, -0.25) is 0 Å². The molecule has 2 aliphatic carbocycles. The van der Waals surface area contributed by atoms with Crippen molar-refractivity contribution >= 4 is 74.3 Å². The first-order valence-corrected chi connectivity index (χ1v) is 25.1. The van der Waals surface area contributed by atoms with E-state index < -0.39 is 6.85 Å². The van der Waals surface area contributed by atoms with Gasteiger partial charge in [0.2, 0.25) is 0 Å². The molecule has 3 nitrogen and oxygen atoms in total. The van der Waals surface area contributed by atoms with Crippen LogP contribution in [0.1, 0.15) is 144 Å². The largest absolute Gasteiger partial charge is 0.311 e. The van der Waals surface area contributed by atoms with Gasteiger partial charge in [0.1, 0.15) is 0 Å². The van der Waals surface area contributed by atoms with Gasteiger partial charge in [-0.25, -0.2) is 0 Å². The number of benzene rings is 7. The van der Waals surface area contributed by atoms with Gasteiger partial charge in [-0.05, 0) is 201 Å². The molecule has 344 valence electrons. The molecule has 4 heteroatoms. The van der Waals surface area contributed by atoms with Gasteiger partial charge >= 0.3 is 0 Å². The van der Waals surface area contributed by atoms with Crippen LogP contribution in [0.25, 0.3) is 0 Å². The average Bonchev–Trinajstić information content (AvgIpc) is 3.48. The molecule has 2 aliphatic heterocycles. The SMILES string of the molecule is [2H]C([2H])([2H])c1cc2c3c(c1)N(c1cc4c(cc1C)C(C)(C)CC4(C)C)c1cc4c(cc1B3c1cc(N(c3ccccc3)c3ccccc3)ccc1N2c1cc(C(C)(C)C)ccc1C)C(C)(C)CCC4(C)C. The molecule has 0 atom stereocenters. The molecule has 0 spiro atoms. The quantitative estimate of drug-likeness (QED) is 0.159. The van der Waals surface area contributed by atoms with Gasteiger partial charge in [-0.2, -0.15) is 0 Å². The minimum atomic E-state index is -2.38. The lowest BCUT2D eigenvalue weighted by Gasteiger charge is -2.48. The minimum absolute atomic E-state index is 0.0246. The first-order valence-electron chi connectivity index (χ1n) is 26.6. The number of fused-ring (bicyclic) bond motifs is 6. The monoisotopic (exact) mass is 895 g/mol. The fraction of sp³-hybridized carbons (Fsp3) is 0.344. The van der Waals surface area contributed by atoms with Crippen molar-refractivity contribution in [3.63, 3.8) is 0 Å². The Morgan fingerprint density at radius 2 is 1.00 bits per heavy atom. The summed E-state index contributed by atoms with van der Waals surface area (Å²) in [6.07, 6.45) is 3.24. The molecular formula is C64H70BN3. The zero-order valence-corrected chi connectivity index (χ0v) is 42.7. The minimum Gasteiger partial charge on any atom is -0.311 e. The summed E-state index contributed by atoms with van der Waals surface area (Å²) in [6.45, 7) is 27.9. The van der Waals surface area contributed by atoms with Crippen LogP contribution in [0.4, 0.5) is 51.2 Å². The number of para-hydroxylation sites is 2. The molecule has 7 aromatic rings. The number of hydrogen-bond donors (Lipinski definition) is 0. The smallest absolute Gasteiger partial charge is 0.252 e. The Kier molecular flexibility index (Phi) is 9.05. The van der Waals surface area contributed by atoms with Gasteiger partial charge < -0.3 is 14.7 Å². The molecule has 4 aliphatic rings. The van der Waals surface area contributed by atoms with Crippen molar-refractivity contribution in [3.05, 3.63) is 178 Å². The fourth-order valence-electron chi connectivity index (χ4n) is 13.0. The van der Waals surface area contributed by atoms with Crippen molar-refractivity contribution < 1.29 is 4.11 Å². The fourth-order valence-corrected chi connectivity index (χ4v) is 13.0. The van der Waals surface area contributed by atoms with Gasteiger partial charge in [0, 0.05) is 55.3 Å². The Morgan fingerprint density at radius 3 is 1.59 bits per heavy atom. The van der Waals surface area contributed by atoms with E-state index in [9.17, 15) is 4.11 Å². The molecule has 0 aromatic heterocycles. The Bertz CT molecular complexity index is 3260. The summed E-state index contributed by atoms with van der Waals surface area (Å²) >= 11 is 0. The van der Waals surface area contributed by atoms with E-state index in [0.29, 0.717) is 5.56 Å². The summed E-state index contributed by atoms with van der Waals surface area (Å²) in [7, 11) is 0. The normalized spacial score (nSPS) is 18.6. The molecule has 0 unspecified atom stereocenters. The highest BCUT2D eigenvalue weighted by Gasteiger charge is 2.48. The molecule has 0 amide bonds. The molecule has 11 rings (SSSR count). The topological polar surface area (TPSA) is 9.72 Å². The maximum atomic E-state index is 9.21. The summed E-state index contributed by atoms with van der Waals surface area (Å²) in [5.41, 5.74) is 22.2. The Balaban J connectivity index is 1.30. The van der Waals surface area contributed by atoms with Crippen LogP contribution in [0.15, 0.2) is 133 Å². The van der Waals surface area contributed by atoms with E-state index in [-0.39, 0.29) is 33.8 Å². The van der Waals surface area contributed by atoms with E-state index in [1.165, 1.54) is 44.3 Å². The Hall–Kier alpha value is -6.00. The standard InChI is InChI=1S/C64H70BN3/c1-40-31-57-59-58(32-40)68(55-37-50-47(33-42(55)3)63(11,12)39-64(50,13)14)56-38-49-48(61(7,8)29-30-62(49,9)10)36-52(56)65(59)51-35-46(66(44-21-17-15-18-22-44)45-23-19-16-20-24-45)27-28-53(51)67(57)54-34-43(60(4,5)6)26-25-41(54)2/h15-28,31-38H,29-30,39H2,1-14H3/i1D3. The zero-order chi connectivity index (χ0) is 50.5. The number of aryl methyl sites for hydroxylation is 3. The van der Waals surface area contributed by atoms with Gasteiger partial charge in [-0.1, -0.05) is 137 Å². The van der Waals surface area contributed by atoms with E-state index in [1.807, 2.05) is 12.1 Å². The van der Waals surface area contributed by atoms with Crippen molar-refractivity contribution in [2.75, 3.05) is 14.7 Å². The summed E-state index contributed by atoms with van der Waals surface area (Å²) in [4.78, 5) is 7.29. The van der Waals surface area contributed by atoms with Gasteiger partial charge in [0.25, 0.3) is 6.71 Å². The average molecular weight is 895 g/mol. The highest BCUT2D eigenvalue weighted by molar-refractivity contribution is 7.00. The maximum Gasteiger partial charge on any atom is 0.252 e. The Labute approximate surface area is 412 Å². The van der Waals surface area contributed by atoms with Crippen LogP contribution in [0, 0.1) is 20.7 Å². The second kappa shape index (κ2) is 15.0. The summed E-state index contributed by atoms with van der Waals surface area (Å²) < 4.78 is 27.6. The van der Waals surface area contributed by atoms with Crippen molar-refractivity contribution in [2.45, 2.75) is 143 Å². The van der Waals surface area contributed by atoms with Crippen LogP contribution in [-0.2, 0) is 27.1 Å². The number of nitrogens with zero attached hydrogens (tertiary/aromatic N) is 3. The first kappa shape index (κ1) is 41.0. The van der Waals surface area contributed by atoms with E-state index in [2.05, 4.69) is 226 Å². The molecule has 2 heterocycles. The van der Waals surface area contributed by atoms with Gasteiger partial charge in [-0.15, -0.1) is 0 Å². The third kappa shape index (κ3) is 6.82. The highest BCUT2D eigenvalue weighted by atomic mass is 15.2. The molecule has 0 saturated carbocycles. The zero-order valence-electron chi connectivity index (χ0n) is 45.7. The van der Waals surface area contributed by atoms with Gasteiger partial charge in [0.15, 0.2) is 0 Å². The lowest BCUT2D eigenvalue weighted by atomic mass is 9.33. The number of anilines is 9. The summed E-state index contributed by atoms with van der Waals surface area (Å²) in [6, 6.07) is 49.3. The highest BCUT2D eigenvalue weighted by Crippen LogP contribution is 2.55.